The van der Waals surface area contributed by atoms with E-state index in [9.17, 15) is 19.0 Å². The Bertz CT molecular complexity index is 1280. The van der Waals surface area contributed by atoms with Gasteiger partial charge in [0.05, 0.1) is 33.8 Å². The second-order valence-electron chi connectivity index (χ2n) is 21.2. The number of esters is 1. The van der Waals surface area contributed by atoms with Gasteiger partial charge in [0.25, 0.3) is 7.82 Å². The van der Waals surface area contributed by atoms with Crippen molar-refractivity contribution in [3.63, 3.8) is 0 Å². The first-order chi connectivity index (χ1) is 33.4. The molecule has 0 heterocycles. The van der Waals surface area contributed by atoms with Crippen molar-refractivity contribution in [3.05, 3.63) is 36.5 Å². The Morgan fingerprint density at radius 1 is 0.507 bits per heavy atom. The summed E-state index contributed by atoms with van der Waals surface area (Å²) in [4.78, 5) is 39.8. The van der Waals surface area contributed by atoms with E-state index in [0.29, 0.717) is 17.4 Å². The van der Waals surface area contributed by atoms with E-state index in [0.717, 1.165) is 64.2 Å². The molecule has 0 saturated carbocycles. The van der Waals surface area contributed by atoms with Gasteiger partial charge in [-0.2, -0.15) is 0 Å². The molecule has 3 unspecified atom stereocenters. The molecule has 3 atom stereocenters. The molecule has 0 aromatic carbocycles. The molecule has 69 heavy (non-hydrogen) atoms. The van der Waals surface area contributed by atoms with Gasteiger partial charge in [-0.3, -0.25) is 14.2 Å². The summed E-state index contributed by atoms with van der Waals surface area (Å²) < 4.78 is 30.2. The summed E-state index contributed by atoms with van der Waals surface area (Å²) in [6.07, 6.45) is 58.1. The highest BCUT2D eigenvalue weighted by molar-refractivity contribution is 7.45. The van der Waals surface area contributed by atoms with Crippen molar-refractivity contribution >= 4 is 19.7 Å². The van der Waals surface area contributed by atoms with Crippen molar-refractivity contribution in [3.8, 4) is 0 Å². The summed E-state index contributed by atoms with van der Waals surface area (Å²) in [6.45, 7) is 6.82. The fraction of sp³-hybridized carbons (Fsp3) is 0.864. The molecule has 0 radical (unpaired) electrons. The monoisotopic (exact) mass is 993 g/mol. The molecule has 1 amide bonds. The minimum absolute atomic E-state index is 0.0209. The van der Waals surface area contributed by atoms with Crippen LogP contribution in [0, 0.1) is 0 Å². The van der Waals surface area contributed by atoms with Crippen molar-refractivity contribution in [1.82, 2.24) is 5.32 Å². The van der Waals surface area contributed by atoms with E-state index in [1.54, 1.807) is 0 Å². The highest BCUT2D eigenvalue weighted by atomic mass is 31.2. The number of rotatable bonds is 53. The van der Waals surface area contributed by atoms with Crippen molar-refractivity contribution in [2.75, 3.05) is 40.9 Å². The molecule has 9 nitrogen and oxygen atoms in total. The molecule has 1 N–H and O–H groups in total. The summed E-state index contributed by atoms with van der Waals surface area (Å²) in [5, 5.41) is 3.02. The zero-order valence-corrected chi connectivity index (χ0v) is 47.2. The molecule has 0 spiro atoms. The van der Waals surface area contributed by atoms with Crippen molar-refractivity contribution in [2.24, 2.45) is 0 Å². The van der Waals surface area contributed by atoms with Crippen LogP contribution in [0.4, 0.5) is 0 Å². The SMILES string of the molecule is CCCCC/C=C\C/C=C\CCCCCCCCCCCC(=O)OC(/C=C/CCCCCCCCCCC)C(COP(=O)([O-])OCC[N+](C)(C)C)NC(=O)CCCCCCCCCCCCCCC. The smallest absolute Gasteiger partial charge is 0.306 e. The summed E-state index contributed by atoms with van der Waals surface area (Å²) in [7, 11) is 1.19. The minimum Gasteiger partial charge on any atom is -0.756 e. The normalized spacial score (nSPS) is 14.0. The highest BCUT2D eigenvalue weighted by Crippen LogP contribution is 2.38. The second kappa shape index (κ2) is 49.8. The number of hydrogen-bond donors (Lipinski definition) is 1. The number of ether oxygens (including phenoxy) is 1. The Morgan fingerprint density at radius 3 is 1.33 bits per heavy atom. The highest BCUT2D eigenvalue weighted by Gasteiger charge is 2.27. The van der Waals surface area contributed by atoms with Gasteiger partial charge in [0.15, 0.2) is 0 Å². The lowest BCUT2D eigenvalue weighted by molar-refractivity contribution is -0.870. The molecule has 0 aliphatic heterocycles. The number of unbranched alkanes of at least 4 members (excludes halogenated alkanes) is 33. The second-order valence-corrected chi connectivity index (χ2v) is 22.6. The van der Waals surface area contributed by atoms with Crippen molar-refractivity contribution in [2.45, 2.75) is 290 Å². The number of carbonyl (C=O) groups is 2. The molecule has 0 aromatic rings. The van der Waals surface area contributed by atoms with Crippen LogP contribution >= 0.6 is 7.82 Å². The van der Waals surface area contributed by atoms with E-state index < -0.39 is 20.0 Å². The number of nitrogens with zero attached hydrogens (tertiary/aromatic N) is 1. The van der Waals surface area contributed by atoms with Crippen molar-refractivity contribution in [1.29, 1.82) is 0 Å². The van der Waals surface area contributed by atoms with Gasteiger partial charge in [-0.15, -0.1) is 0 Å². The molecular formula is C59H113N2O7P. The zero-order chi connectivity index (χ0) is 50.8. The maximum absolute atomic E-state index is 13.5. The fourth-order valence-corrected chi connectivity index (χ4v) is 9.22. The van der Waals surface area contributed by atoms with Gasteiger partial charge < -0.3 is 28.5 Å². The van der Waals surface area contributed by atoms with Gasteiger partial charge in [-0.25, -0.2) is 0 Å². The Balaban J connectivity index is 5.25. The molecule has 0 aliphatic rings. The molecule has 406 valence electrons. The number of phosphoric ester groups is 1. The first-order valence-corrected chi connectivity index (χ1v) is 30.8. The standard InChI is InChI=1S/C59H113N2O7P/c1-7-10-13-16-19-22-25-27-28-29-30-31-32-34-37-40-43-46-49-52-59(63)68-57(50-47-44-41-38-35-24-21-18-15-12-9-3)56(55-67-69(64,65)66-54-53-61(4,5)6)60-58(62)51-48-45-42-39-36-33-26-23-20-17-14-11-8-2/h19,22,27-28,47,50,56-57H,7-18,20-21,23-26,29-46,48-49,51-55H2,1-6H3,(H-,60,62,64,65)/b22-19-,28-27-,50-47+. The lowest BCUT2D eigenvalue weighted by atomic mass is 10.0. The number of amides is 1. The van der Waals surface area contributed by atoms with Crippen LogP contribution in [0.15, 0.2) is 36.5 Å². The maximum atomic E-state index is 13.5. The van der Waals surface area contributed by atoms with E-state index in [4.69, 9.17) is 13.8 Å². The third-order valence-corrected chi connectivity index (χ3v) is 14.0. The van der Waals surface area contributed by atoms with Crippen LogP contribution in [0.1, 0.15) is 278 Å². The van der Waals surface area contributed by atoms with Gasteiger partial charge in [0.2, 0.25) is 5.91 Å². The first kappa shape index (κ1) is 67.2. The van der Waals surface area contributed by atoms with Crippen LogP contribution in [0.3, 0.4) is 0 Å². The van der Waals surface area contributed by atoms with Gasteiger partial charge >= 0.3 is 5.97 Å². The molecule has 0 fully saturated rings. The van der Waals surface area contributed by atoms with Crippen LogP contribution < -0.4 is 10.2 Å². The number of carbonyl (C=O) groups excluding carboxylic acids is 2. The van der Waals surface area contributed by atoms with Gasteiger partial charge in [-0.1, -0.05) is 237 Å². The lowest BCUT2D eigenvalue weighted by Crippen LogP contribution is -2.47. The predicted molar refractivity (Wildman–Crippen MR) is 293 cm³/mol. The van der Waals surface area contributed by atoms with E-state index in [2.05, 4.69) is 50.4 Å². The van der Waals surface area contributed by atoms with Gasteiger partial charge in [0, 0.05) is 12.8 Å². The lowest BCUT2D eigenvalue weighted by Gasteiger charge is -2.30. The molecule has 0 aliphatic carbocycles. The van der Waals surface area contributed by atoms with E-state index >= 15 is 0 Å². The summed E-state index contributed by atoms with van der Waals surface area (Å²) in [6, 6.07) is -0.884. The summed E-state index contributed by atoms with van der Waals surface area (Å²) in [5.41, 5.74) is 0. The summed E-state index contributed by atoms with van der Waals surface area (Å²) >= 11 is 0. The molecule has 0 saturated heterocycles. The maximum Gasteiger partial charge on any atom is 0.306 e. The Hall–Kier alpha value is -1.77. The quantitative estimate of drug-likeness (QED) is 0.0212. The number of nitrogens with one attached hydrogen (secondary N) is 1. The average molecular weight is 994 g/mol. The number of quaternary nitrogens is 1. The van der Waals surface area contributed by atoms with E-state index in [1.165, 1.54) is 180 Å². The summed E-state index contributed by atoms with van der Waals surface area (Å²) in [5.74, 6) is -0.537. The van der Waals surface area contributed by atoms with Crippen LogP contribution in [-0.4, -0.2) is 69.4 Å². The van der Waals surface area contributed by atoms with E-state index in [-0.39, 0.29) is 31.5 Å². The molecule has 0 bridgehead atoms. The third-order valence-electron chi connectivity index (χ3n) is 13.1. The van der Waals surface area contributed by atoms with Crippen molar-refractivity contribution < 1.29 is 37.3 Å². The predicted octanol–water partition coefficient (Wildman–Crippen LogP) is 16.9. The minimum atomic E-state index is -4.69. The topological polar surface area (TPSA) is 114 Å². The third kappa shape index (κ3) is 51.0. The molecule has 0 rings (SSSR count). The molecular weight excluding hydrogens is 880 g/mol. The Morgan fingerprint density at radius 2 is 0.884 bits per heavy atom. The number of hydrogen-bond acceptors (Lipinski definition) is 7. The molecule has 10 heteroatoms. The van der Waals surface area contributed by atoms with E-state index in [1.807, 2.05) is 33.3 Å². The van der Waals surface area contributed by atoms with Crippen LogP contribution in [0.5, 0.6) is 0 Å². The first-order valence-electron chi connectivity index (χ1n) is 29.3. The largest absolute Gasteiger partial charge is 0.756 e. The number of allylic oxidation sites excluding steroid dienone is 5. The van der Waals surface area contributed by atoms with Gasteiger partial charge in [0.1, 0.15) is 19.3 Å². The fourth-order valence-electron chi connectivity index (χ4n) is 8.49. The Kier molecular flexibility index (Phi) is 48.5. The molecule has 0 aromatic heterocycles. The zero-order valence-electron chi connectivity index (χ0n) is 46.3. The van der Waals surface area contributed by atoms with Gasteiger partial charge in [-0.05, 0) is 63.9 Å². The van der Waals surface area contributed by atoms with Crippen LogP contribution in [0.2, 0.25) is 0 Å². The van der Waals surface area contributed by atoms with Crippen LogP contribution in [-0.2, 0) is 27.9 Å². The Labute approximate surface area is 427 Å². The number of likely N-dealkylation sites (N-methyl/N-ethyl adjacent to an activating group) is 1. The van der Waals surface area contributed by atoms with Crippen LogP contribution in [0.25, 0.3) is 0 Å². The average Bonchev–Trinajstić information content (AvgIpc) is 3.31. The number of phosphoric acid groups is 1.